The van der Waals surface area contributed by atoms with Gasteiger partial charge in [-0.25, -0.2) is 4.39 Å². The summed E-state index contributed by atoms with van der Waals surface area (Å²) in [6.45, 7) is 7.37. The molecular weight excluding hydrogens is 271 g/mol. The fourth-order valence-corrected chi connectivity index (χ4v) is 2.43. The zero-order valence-corrected chi connectivity index (χ0v) is 13.5. The van der Waals surface area contributed by atoms with Gasteiger partial charge in [-0.15, -0.1) is 0 Å². The fraction of sp³-hybridized carbons (Fsp3) is 0.625. The van der Waals surface area contributed by atoms with Gasteiger partial charge in [0.15, 0.2) is 0 Å². The number of nitrogens with one attached hydrogen (secondary N) is 1. The topological polar surface area (TPSA) is 33.7 Å². The maximum atomic E-state index is 14.2. The Bertz CT molecular complexity index is 415. The molecule has 1 aromatic carbocycles. The van der Waals surface area contributed by atoms with Crippen LogP contribution in [0.15, 0.2) is 18.2 Å². The predicted octanol–water partition coefficient (Wildman–Crippen LogP) is 2.42. The highest BCUT2D eigenvalue weighted by atomic mass is 19.1. The maximum Gasteiger partial charge on any atom is 0.129 e. The van der Waals surface area contributed by atoms with Gasteiger partial charge < -0.3 is 19.7 Å². The lowest BCUT2D eigenvalue weighted by Crippen LogP contribution is -2.37. The summed E-state index contributed by atoms with van der Waals surface area (Å²) in [6.07, 6.45) is 0. The Balaban J connectivity index is 2.90. The van der Waals surface area contributed by atoms with Gasteiger partial charge >= 0.3 is 0 Å². The summed E-state index contributed by atoms with van der Waals surface area (Å²) in [5.41, 5.74) is 1.62. The van der Waals surface area contributed by atoms with Gasteiger partial charge in [0, 0.05) is 51.1 Å². The minimum atomic E-state index is -0.180. The van der Waals surface area contributed by atoms with Crippen molar-refractivity contribution in [2.75, 3.05) is 45.4 Å². The maximum absolute atomic E-state index is 14.2. The van der Waals surface area contributed by atoms with E-state index in [1.165, 1.54) is 6.07 Å². The Morgan fingerprint density at radius 2 is 2.05 bits per heavy atom. The molecule has 0 aliphatic carbocycles. The molecular formula is C16H27FN2O2. The van der Waals surface area contributed by atoms with E-state index in [0.29, 0.717) is 31.9 Å². The molecule has 1 aromatic rings. The number of rotatable bonds is 10. The second-order valence-corrected chi connectivity index (χ2v) is 5.00. The van der Waals surface area contributed by atoms with Crippen LogP contribution in [0.2, 0.25) is 0 Å². The Labute approximate surface area is 127 Å². The van der Waals surface area contributed by atoms with Crippen molar-refractivity contribution in [2.45, 2.75) is 26.4 Å². The fourth-order valence-electron chi connectivity index (χ4n) is 2.43. The van der Waals surface area contributed by atoms with E-state index < -0.39 is 0 Å². The van der Waals surface area contributed by atoms with Crippen molar-refractivity contribution in [3.05, 3.63) is 29.6 Å². The molecule has 0 saturated carbocycles. The Morgan fingerprint density at radius 3 is 2.67 bits per heavy atom. The zero-order chi connectivity index (χ0) is 15.7. The molecule has 0 aliphatic heterocycles. The van der Waals surface area contributed by atoms with Gasteiger partial charge in [0.1, 0.15) is 5.82 Å². The van der Waals surface area contributed by atoms with Crippen LogP contribution in [0.5, 0.6) is 0 Å². The van der Waals surface area contributed by atoms with Crippen LogP contribution in [0.4, 0.5) is 10.1 Å². The van der Waals surface area contributed by atoms with E-state index in [4.69, 9.17) is 9.47 Å². The summed E-state index contributed by atoms with van der Waals surface area (Å²) in [7, 11) is 3.34. The average Bonchev–Trinajstić information content (AvgIpc) is 2.47. The Morgan fingerprint density at radius 1 is 1.29 bits per heavy atom. The van der Waals surface area contributed by atoms with Gasteiger partial charge in [0.25, 0.3) is 0 Å². The zero-order valence-electron chi connectivity index (χ0n) is 13.5. The van der Waals surface area contributed by atoms with Gasteiger partial charge in [-0.2, -0.15) is 0 Å². The molecule has 1 rings (SSSR count). The van der Waals surface area contributed by atoms with E-state index >= 15 is 0 Å². The van der Waals surface area contributed by atoms with Gasteiger partial charge in [-0.1, -0.05) is 6.07 Å². The highest BCUT2D eigenvalue weighted by molar-refractivity contribution is 5.55. The summed E-state index contributed by atoms with van der Waals surface area (Å²) in [4.78, 5) is 2.17. The molecule has 0 spiro atoms. The number of hydrogen-bond acceptors (Lipinski definition) is 4. The van der Waals surface area contributed by atoms with E-state index in [2.05, 4.69) is 24.1 Å². The lowest BCUT2D eigenvalue weighted by molar-refractivity contribution is 0.182. The standard InChI is InChI=1S/C16H27FN2O2/c1-5-19(13(2)12-21-4)16-8-6-7-15(17)14(16)11-18-9-10-20-3/h6-8,13,18H,5,9-12H2,1-4H3. The molecule has 5 heteroatoms. The van der Waals surface area contributed by atoms with Crippen LogP contribution >= 0.6 is 0 Å². The Kier molecular flexibility index (Phi) is 8.27. The van der Waals surface area contributed by atoms with Gasteiger partial charge in [-0.05, 0) is 26.0 Å². The molecule has 0 fully saturated rings. The predicted molar refractivity (Wildman–Crippen MR) is 84.3 cm³/mol. The lowest BCUT2D eigenvalue weighted by atomic mass is 10.1. The van der Waals surface area contributed by atoms with E-state index in [0.717, 1.165) is 12.2 Å². The number of likely N-dealkylation sites (N-methyl/N-ethyl adjacent to an activating group) is 1. The Hall–Kier alpha value is -1.17. The SMILES string of the molecule is CCN(c1cccc(F)c1CNCCOC)C(C)COC. The minimum Gasteiger partial charge on any atom is -0.383 e. The van der Waals surface area contributed by atoms with E-state index in [1.807, 2.05) is 6.07 Å². The van der Waals surface area contributed by atoms with Crippen LogP contribution in [0.25, 0.3) is 0 Å². The molecule has 0 bridgehead atoms. The number of nitrogens with zero attached hydrogens (tertiary/aromatic N) is 1. The van der Waals surface area contributed by atoms with Crippen molar-refractivity contribution in [3.8, 4) is 0 Å². The number of hydrogen-bond donors (Lipinski definition) is 1. The first kappa shape index (κ1) is 17.9. The van der Waals surface area contributed by atoms with Crippen molar-refractivity contribution in [3.63, 3.8) is 0 Å². The van der Waals surface area contributed by atoms with Crippen LogP contribution in [0, 0.1) is 5.82 Å². The molecule has 0 radical (unpaired) electrons. The number of anilines is 1. The van der Waals surface area contributed by atoms with Crippen molar-refractivity contribution in [2.24, 2.45) is 0 Å². The van der Waals surface area contributed by atoms with Crippen molar-refractivity contribution in [1.82, 2.24) is 5.32 Å². The number of methoxy groups -OCH3 is 2. The third kappa shape index (κ3) is 5.26. The summed E-state index contributed by atoms with van der Waals surface area (Å²) in [5, 5.41) is 3.21. The van der Waals surface area contributed by atoms with Crippen LogP contribution in [0.1, 0.15) is 19.4 Å². The van der Waals surface area contributed by atoms with Crippen LogP contribution in [-0.4, -0.2) is 46.6 Å². The third-order valence-electron chi connectivity index (χ3n) is 3.47. The second kappa shape index (κ2) is 9.71. The van der Waals surface area contributed by atoms with Crippen LogP contribution in [-0.2, 0) is 16.0 Å². The molecule has 21 heavy (non-hydrogen) atoms. The molecule has 0 amide bonds. The smallest absolute Gasteiger partial charge is 0.129 e. The largest absolute Gasteiger partial charge is 0.383 e. The van der Waals surface area contributed by atoms with Gasteiger partial charge in [0.2, 0.25) is 0 Å². The number of ether oxygens (including phenoxy) is 2. The summed E-state index contributed by atoms with van der Waals surface area (Å²) < 4.78 is 24.4. The molecule has 0 saturated heterocycles. The molecule has 0 aromatic heterocycles. The van der Waals surface area contributed by atoms with Crippen molar-refractivity contribution >= 4 is 5.69 Å². The number of benzene rings is 1. The monoisotopic (exact) mass is 298 g/mol. The molecule has 1 N–H and O–H groups in total. The highest BCUT2D eigenvalue weighted by Crippen LogP contribution is 2.25. The minimum absolute atomic E-state index is 0.180. The third-order valence-corrected chi connectivity index (χ3v) is 3.47. The highest BCUT2D eigenvalue weighted by Gasteiger charge is 2.18. The van der Waals surface area contributed by atoms with Crippen molar-refractivity contribution < 1.29 is 13.9 Å². The summed E-state index contributed by atoms with van der Waals surface area (Å²) in [5.74, 6) is -0.180. The first-order chi connectivity index (χ1) is 10.2. The number of halogens is 1. The van der Waals surface area contributed by atoms with E-state index in [9.17, 15) is 4.39 Å². The molecule has 1 atom stereocenters. The van der Waals surface area contributed by atoms with Crippen molar-refractivity contribution in [1.29, 1.82) is 0 Å². The van der Waals surface area contributed by atoms with Crippen LogP contribution in [0.3, 0.4) is 0 Å². The summed E-state index contributed by atoms with van der Waals surface area (Å²) >= 11 is 0. The second-order valence-electron chi connectivity index (χ2n) is 5.00. The molecule has 120 valence electrons. The van der Waals surface area contributed by atoms with Gasteiger partial charge in [-0.3, -0.25) is 0 Å². The molecule has 1 unspecified atom stereocenters. The average molecular weight is 298 g/mol. The first-order valence-electron chi connectivity index (χ1n) is 7.38. The van der Waals surface area contributed by atoms with Gasteiger partial charge in [0.05, 0.1) is 13.2 Å². The lowest BCUT2D eigenvalue weighted by Gasteiger charge is -2.31. The molecule has 4 nitrogen and oxygen atoms in total. The summed E-state index contributed by atoms with van der Waals surface area (Å²) in [6, 6.07) is 5.42. The van der Waals surface area contributed by atoms with Crippen LogP contribution < -0.4 is 10.2 Å². The molecule has 0 aliphatic rings. The van der Waals surface area contributed by atoms with E-state index in [-0.39, 0.29) is 11.9 Å². The first-order valence-corrected chi connectivity index (χ1v) is 7.38. The molecule has 0 heterocycles. The quantitative estimate of drug-likeness (QED) is 0.673. The van der Waals surface area contributed by atoms with E-state index in [1.54, 1.807) is 20.3 Å². The normalized spacial score (nSPS) is 12.4.